The van der Waals surface area contributed by atoms with Crippen molar-refractivity contribution in [1.82, 2.24) is 20.3 Å². The van der Waals surface area contributed by atoms with Crippen LogP contribution in [0.3, 0.4) is 0 Å². The van der Waals surface area contributed by atoms with Gasteiger partial charge in [0.1, 0.15) is 17.8 Å². The third kappa shape index (κ3) is 2.24. The summed E-state index contributed by atoms with van der Waals surface area (Å²) in [5.41, 5.74) is 0.737. The molecular formula is C12H15N5O2. The number of aromatic carboxylic acids is 1. The molecule has 1 atom stereocenters. The van der Waals surface area contributed by atoms with Gasteiger partial charge in [-0.1, -0.05) is 0 Å². The molecule has 0 amide bonds. The van der Waals surface area contributed by atoms with Crippen molar-refractivity contribution in [2.75, 3.05) is 18.4 Å². The molecule has 0 spiro atoms. The summed E-state index contributed by atoms with van der Waals surface area (Å²) in [5.74, 6) is -0.400. The highest BCUT2D eigenvalue weighted by molar-refractivity contribution is 6.06. The Balaban J connectivity index is 1.97. The molecule has 0 aliphatic carbocycles. The van der Waals surface area contributed by atoms with E-state index < -0.39 is 5.97 Å². The number of H-pyrrole nitrogens is 1. The molecule has 0 saturated carbocycles. The molecule has 3 rings (SSSR count). The molecule has 100 valence electrons. The van der Waals surface area contributed by atoms with E-state index in [4.69, 9.17) is 0 Å². The van der Waals surface area contributed by atoms with E-state index in [9.17, 15) is 9.90 Å². The second-order valence-electron chi connectivity index (χ2n) is 4.64. The van der Waals surface area contributed by atoms with Gasteiger partial charge in [-0.3, -0.25) is 0 Å². The zero-order chi connectivity index (χ0) is 13.2. The third-order valence-corrected chi connectivity index (χ3v) is 3.34. The minimum atomic E-state index is -0.981. The van der Waals surface area contributed by atoms with Gasteiger partial charge >= 0.3 is 5.97 Å². The SMILES string of the molecule is O=C(O)c1c[nH]c2ncnc(N[C@@H]3CCCNC3)c12. The van der Waals surface area contributed by atoms with Gasteiger partial charge in [0.05, 0.1) is 10.9 Å². The molecule has 0 aromatic carbocycles. The highest BCUT2D eigenvalue weighted by Gasteiger charge is 2.19. The van der Waals surface area contributed by atoms with Crippen molar-refractivity contribution in [3.8, 4) is 0 Å². The van der Waals surface area contributed by atoms with Crippen LogP contribution in [0.4, 0.5) is 5.82 Å². The first kappa shape index (κ1) is 11.9. The summed E-state index contributed by atoms with van der Waals surface area (Å²) in [6.07, 6.45) is 5.03. The second-order valence-corrected chi connectivity index (χ2v) is 4.64. The number of fused-ring (bicyclic) bond motifs is 1. The van der Waals surface area contributed by atoms with Crippen LogP contribution < -0.4 is 10.6 Å². The fourth-order valence-electron chi connectivity index (χ4n) is 2.41. The number of nitrogens with zero attached hydrogens (tertiary/aromatic N) is 2. The Morgan fingerprint density at radius 3 is 3.11 bits per heavy atom. The van der Waals surface area contributed by atoms with Crippen LogP contribution in [0.25, 0.3) is 11.0 Å². The number of nitrogens with one attached hydrogen (secondary N) is 3. The minimum Gasteiger partial charge on any atom is -0.478 e. The topological polar surface area (TPSA) is 103 Å². The number of anilines is 1. The van der Waals surface area contributed by atoms with Crippen LogP contribution in [0.5, 0.6) is 0 Å². The van der Waals surface area contributed by atoms with Crippen molar-refractivity contribution < 1.29 is 9.90 Å². The van der Waals surface area contributed by atoms with Crippen LogP contribution in [-0.2, 0) is 0 Å². The van der Waals surface area contributed by atoms with Gasteiger partial charge in [-0.2, -0.15) is 0 Å². The summed E-state index contributed by atoms with van der Waals surface area (Å²) < 4.78 is 0. The van der Waals surface area contributed by atoms with Gasteiger partial charge in [0.15, 0.2) is 0 Å². The molecule has 1 saturated heterocycles. The van der Waals surface area contributed by atoms with Crippen LogP contribution in [0.1, 0.15) is 23.2 Å². The second kappa shape index (κ2) is 4.85. The number of aromatic amines is 1. The van der Waals surface area contributed by atoms with E-state index in [1.54, 1.807) is 0 Å². The maximum Gasteiger partial charge on any atom is 0.338 e. The van der Waals surface area contributed by atoms with Gasteiger partial charge in [-0.15, -0.1) is 0 Å². The fourth-order valence-corrected chi connectivity index (χ4v) is 2.41. The number of carbonyl (C=O) groups is 1. The van der Waals surface area contributed by atoms with E-state index in [1.807, 2.05) is 0 Å². The van der Waals surface area contributed by atoms with Gasteiger partial charge in [0, 0.05) is 18.8 Å². The zero-order valence-corrected chi connectivity index (χ0v) is 10.3. The van der Waals surface area contributed by atoms with Crippen molar-refractivity contribution >= 4 is 22.8 Å². The Morgan fingerprint density at radius 1 is 1.47 bits per heavy atom. The van der Waals surface area contributed by atoms with Crippen molar-refractivity contribution in [3.05, 3.63) is 18.1 Å². The highest BCUT2D eigenvalue weighted by Crippen LogP contribution is 2.24. The predicted octanol–water partition coefficient (Wildman–Crippen LogP) is 0.820. The summed E-state index contributed by atoms with van der Waals surface area (Å²) in [6.45, 7) is 1.89. The lowest BCUT2D eigenvalue weighted by Gasteiger charge is -2.24. The number of rotatable bonds is 3. The molecule has 0 radical (unpaired) electrons. The number of carboxylic acids is 1. The number of aromatic nitrogens is 3. The maximum atomic E-state index is 11.2. The summed E-state index contributed by atoms with van der Waals surface area (Å²) in [6, 6.07) is 0.267. The first-order valence-electron chi connectivity index (χ1n) is 6.28. The van der Waals surface area contributed by atoms with Crippen LogP contribution in [-0.4, -0.2) is 45.2 Å². The third-order valence-electron chi connectivity index (χ3n) is 3.34. The Morgan fingerprint density at radius 2 is 2.37 bits per heavy atom. The van der Waals surface area contributed by atoms with Crippen LogP contribution in [0.2, 0.25) is 0 Å². The van der Waals surface area contributed by atoms with E-state index in [-0.39, 0.29) is 11.6 Å². The van der Waals surface area contributed by atoms with Crippen molar-refractivity contribution in [3.63, 3.8) is 0 Å². The molecule has 3 heterocycles. The molecule has 1 aliphatic rings. The number of hydrogen-bond acceptors (Lipinski definition) is 5. The molecule has 2 aromatic heterocycles. The molecule has 1 fully saturated rings. The average molecular weight is 261 g/mol. The molecule has 4 N–H and O–H groups in total. The van der Waals surface area contributed by atoms with Crippen LogP contribution >= 0.6 is 0 Å². The van der Waals surface area contributed by atoms with E-state index in [0.717, 1.165) is 25.9 Å². The van der Waals surface area contributed by atoms with Crippen LogP contribution in [0, 0.1) is 0 Å². The van der Waals surface area contributed by atoms with Gasteiger partial charge in [0.2, 0.25) is 0 Å². The summed E-state index contributed by atoms with van der Waals surface area (Å²) in [7, 11) is 0. The van der Waals surface area contributed by atoms with Crippen molar-refractivity contribution in [1.29, 1.82) is 0 Å². The van der Waals surface area contributed by atoms with Gasteiger partial charge in [-0.25, -0.2) is 14.8 Å². The zero-order valence-electron chi connectivity index (χ0n) is 10.3. The fraction of sp³-hybridized carbons (Fsp3) is 0.417. The lowest BCUT2D eigenvalue weighted by molar-refractivity contribution is 0.0699. The molecular weight excluding hydrogens is 246 g/mol. The van der Waals surface area contributed by atoms with E-state index in [2.05, 4.69) is 25.6 Å². The molecule has 7 nitrogen and oxygen atoms in total. The van der Waals surface area contributed by atoms with Crippen molar-refractivity contribution in [2.45, 2.75) is 18.9 Å². The lowest BCUT2D eigenvalue weighted by Crippen LogP contribution is -2.38. The molecule has 7 heteroatoms. The largest absolute Gasteiger partial charge is 0.478 e. The number of carboxylic acid groups (broad SMARTS) is 1. The highest BCUT2D eigenvalue weighted by atomic mass is 16.4. The quantitative estimate of drug-likeness (QED) is 0.652. The van der Waals surface area contributed by atoms with Gasteiger partial charge in [0.25, 0.3) is 0 Å². The normalized spacial score (nSPS) is 19.5. The predicted molar refractivity (Wildman–Crippen MR) is 70.4 cm³/mol. The van der Waals surface area contributed by atoms with Gasteiger partial charge in [-0.05, 0) is 19.4 Å². The Bertz CT molecular complexity index is 603. The minimum absolute atomic E-state index is 0.196. The number of hydrogen-bond donors (Lipinski definition) is 4. The maximum absolute atomic E-state index is 11.2. The summed E-state index contributed by atoms with van der Waals surface area (Å²) in [5, 5.41) is 16.3. The smallest absolute Gasteiger partial charge is 0.338 e. The molecule has 1 aliphatic heterocycles. The number of piperidine rings is 1. The molecule has 0 unspecified atom stereocenters. The summed E-state index contributed by atoms with van der Waals surface area (Å²) in [4.78, 5) is 22.3. The standard InChI is InChI=1S/C12H15N5O2/c18-12(19)8-5-14-10-9(8)11(16-6-15-10)17-7-2-1-3-13-4-7/h5-7,13H,1-4H2,(H,18,19)(H2,14,15,16,17)/t7-/m1/s1. The monoisotopic (exact) mass is 261 g/mol. The molecule has 2 aromatic rings. The molecule has 19 heavy (non-hydrogen) atoms. The van der Waals surface area contributed by atoms with E-state index >= 15 is 0 Å². The Hall–Kier alpha value is -2.15. The Labute approximate surface area is 109 Å². The average Bonchev–Trinajstić information content (AvgIpc) is 2.85. The van der Waals surface area contributed by atoms with E-state index in [0.29, 0.717) is 16.9 Å². The van der Waals surface area contributed by atoms with E-state index in [1.165, 1.54) is 12.5 Å². The Kier molecular flexibility index (Phi) is 3.04. The first-order valence-corrected chi connectivity index (χ1v) is 6.28. The summed E-state index contributed by atoms with van der Waals surface area (Å²) >= 11 is 0. The van der Waals surface area contributed by atoms with Gasteiger partial charge < -0.3 is 20.7 Å². The van der Waals surface area contributed by atoms with Crippen molar-refractivity contribution in [2.24, 2.45) is 0 Å². The first-order chi connectivity index (χ1) is 9.25. The lowest BCUT2D eigenvalue weighted by atomic mass is 10.1. The van der Waals surface area contributed by atoms with Crippen LogP contribution in [0.15, 0.2) is 12.5 Å². The molecule has 0 bridgehead atoms.